The predicted octanol–water partition coefficient (Wildman–Crippen LogP) is 3.54. The zero-order chi connectivity index (χ0) is 17.7. The van der Waals surface area contributed by atoms with E-state index in [1.54, 1.807) is 24.3 Å². The van der Waals surface area contributed by atoms with Gasteiger partial charge in [-0.25, -0.2) is 0 Å². The topological polar surface area (TPSA) is 72.2 Å². The number of nitrogens with one attached hydrogen (secondary N) is 1. The molecule has 2 rings (SSSR count). The Hall–Kier alpha value is -2.48. The molecule has 8 heteroatoms. The van der Waals surface area contributed by atoms with E-state index in [2.05, 4.69) is 5.32 Å². The Balaban J connectivity index is 2.14. The number of rotatable bonds is 5. The first-order valence-electron chi connectivity index (χ1n) is 6.76. The van der Waals surface area contributed by atoms with Crippen molar-refractivity contribution in [2.45, 2.75) is 11.1 Å². The van der Waals surface area contributed by atoms with E-state index in [1.165, 1.54) is 12.1 Å². The van der Waals surface area contributed by atoms with Crippen molar-refractivity contribution >= 4 is 29.3 Å². The van der Waals surface area contributed by atoms with E-state index in [1.807, 2.05) is 0 Å². The molecular weight excluding hydrogens is 341 g/mol. The number of hydrogen-bond acceptors (Lipinski definition) is 3. The second-order valence-electron chi connectivity index (χ2n) is 4.78. The summed E-state index contributed by atoms with van der Waals surface area (Å²) in [6, 6.07) is 10.7. The van der Waals surface area contributed by atoms with Crippen LogP contribution in [0.5, 0.6) is 0 Å². The van der Waals surface area contributed by atoms with Crippen LogP contribution in [0.2, 0.25) is 0 Å². The van der Waals surface area contributed by atoms with E-state index in [0.717, 1.165) is 23.9 Å². The fourth-order valence-corrected chi connectivity index (χ4v) is 2.66. The second-order valence-corrected chi connectivity index (χ2v) is 5.80. The van der Waals surface area contributed by atoms with Gasteiger partial charge in [-0.1, -0.05) is 12.1 Å². The van der Waals surface area contributed by atoms with Crippen molar-refractivity contribution in [2.24, 2.45) is 5.73 Å². The lowest BCUT2D eigenvalue weighted by Gasteiger charge is -2.11. The Morgan fingerprint density at radius 3 is 2.25 bits per heavy atom. The molecule has 0 radical (unpaired) electrons. The number of nitrogens with two attached hydrogens (primary N) is 1. The van der Waals surface area contributed by atoms with E-state index in [0.29, 0.717) is 10.5 Å². The lowest BCUT2D eigenvalue weighted by Crippen LogP contribution is -2.15. The molecule has 0 unspecified atom stereocenters. The van der Waals surface area contributed by atoms with Gasteiger partial charge in [0, 0.05) is 10.6 Å². The van der Waals surface area contributed by atoms with Crippen LogP contribution in [-0.4, -0.2) is 17.6 Å². The molecule has 2 aromatic carbocycles. The van der Waals surface area contributed by atoms with Gasteiger partial charge in [0.25, 0.3) is 5.91 Å². The standard InChI is InChI=1S/C16H13F3N2O2S/c17-16(18,19)10-5-7-11(8-6-10)21-15(23)12-3-1-2-4-13(12)24-9-14(20)22/h1-8H,9H2,(H2,20,22)(H,21,23). The Kier molecular flexibility index (Phi) is 5.50. The number of carbonyl (C=O) groups excluding carboxylic acids is 2. The molecule has 0 saturated heterocycles. The number of halogens is 3. The molecule has 0 aliphatic heterocycles. The molecule has 0 heterocycles. The lowest BCUT2D eigenvalue weighted by atomic mass is 10.1. The van der Waals surface area contributed by atoms with Crippen LogP contribution in [0.1, 0.15) is 15.9 Å². The number of anilines is 1. The van der Waals surface area contributed by atoms with Crippen LogP contribution < -0.4 is 11.1 Å². The van der Waals surface area contributed by atoms with Gasteiger partial charge < -0.3 is 11.1 Å². The molecule has 2 aromatic rings. The highest BCUT2D eigenvalue weighted by molar-refractivity contribution is 8.00. The van der Waals surface area contributed by atoms with Gasteiger partial charge in [-0.2, -0.15) is 13.2 Å². The number of thioether (sulfide) groups is 1. The molecule has 0 atom stereocenters. The van der Waals surface area contributed by atoms with Crippen LogP contribution >= 0.6 is 11.8 Å². The molecule has 0 aromatic heterocycles. The van der Waals surface area contributed by atoms with Crippen molar-refractivity contribution in [1.29, 1.82) is 0 Å². The van der Waals surface area contributed by atoms with E-state index >= 15 is 0 Å². The summed E-state index contributed by atoms with van der Waals surface area (Å²) in [7, 11) is 0. The fourth-order valence-electron chi connectivity index (χ4n) is 1.87. The Morgan fingerprint density at radius 1 is 1.04 bits per heavy atom. The zero-order valence-corrected chi connectivity index (χ0v) is 13.1. The summed E-state index contributed by atoms with van der Waals surface area (Å²) in [5.41, 5.74) is 4.84. The largest absolute Gasteiger partial charge is 0.416 e. The van der Waals surface area contributed by atoms with E-state index in [4.69, 9.17) is 5.73 Å². The molecule has 4 nitrogen and oxygen atoms in total. The van der Waals surface area contributed by atoms with Gasteiger partial charge in [-0.05, 0) is 36.4 Å². The fraction of sp³-hybridized carbons (Fsp3) is 0.125. The molecule has 0 bridgehead atoms. The van der Waals surface area contributed by atoms with E-state index < -0.39 is 23.6 Å². The maximum absolute atomic E-state index is 12.5. The highest BCUT2D eigenvalue weighted by atomic mass is 32.2. The first-order chi connectivity index (χ1) is 11.3. The third-order valence-corrected chi connectivity index (χ3v) is 4.07. The Morgan fingerprint density at radius 2 is 1.67 bits per heavy atom. The van der Waals surface area contributed by atoms with Crippen LogP contribution in [0.25, 0.3) is 0 Å². The molecular formula is C16H13F3N2O2S. The van der Waals surface area contributed by atoms with Crippen LogP contribution in [0, 0.1) is 0 Å². The first-order valence-corrected chi connectivity index (χ1v) is 7.74. The number of carbonyl (C=O) groups is 2. The summed E-state index contributed by atoms with van der Waals surface area (Å²) < 4.78 is 37.6. The van der Waals surface area contributed by atoms with Crippen molar-refractivity contribution in [3.05, 3.63) is 59.7 Å². The molecule has 3 N–H and O–H groups in total. The van der Waals surface area contributed by atoms with Gasteiger partial charge in [0.2, 0.25) is 5.91 Å². The van der Waals surface area contributed by atoms with Gasteiger partial charge in [0.1, 0.15) is 0 Å². The molecule has 2 amide bonds. The summed E-state index contributed by atoms with van der Waals surface area (Å²) in [6.07, 6.45) is -4.43. The van der Waals surface area contributed by atoms with Gasteiger partial charge in [0.05, 0.1) is 16.9 Å². The van der Waals surface area contributed by atoms with Crippen LogP contribution in [0.3, 0.4) is 0 Å². The van der Waals surface area contributed by atoms with Crippen molar-refractivity contribution in [1.82, 2.24) is 0 Å². The third-order valence-electron chi connectivity index (χ3n) is 2.97. The van der Waals surface area contributed by atoms with Crippen molar-refractivity contribution in [3.63, 3.8) is 0 Å². The highest BCUT2D eigenvalue weighted by Crippen LogP contribution is 2.30. The molecule has 24 heavy (non-hydrogen) atoms. The monoisotopic (exact) mass is 354 g/mol. The molecule has 0 fully saturated rings. The molecule has 0 aliphatic rings. The smallest absolute Gasteiger partial charge is 0.369 e. The van der Waals surface area contributed by atoms with Crippen LogP contribution in [0.15, 0.2) is 53.4 Å². The first kappa shape index (κ1) is 17.9. The summed E-state index contributed by atoms with van der Waals surface area (Å²) in [5, 5.41) is 2.53. The van der Waals surface area contributed by atoms with Crippen molar-refractivity contribution < 1.29 is 22.8 Å². The zero-order valence-electron chi connectivity index (χ0n) is 12.3. The second kappa shape index (κ2) is 7.39. The van der Waals surface area contributed by atoms with Crippen molar-refractivity contribution in [3.8, 4) is 0 Å². The molecule has 0 aliphatic carbocycles. The Labute approximate surface area is 140 Å². The van der Waals surface area contributed by atoms with Gasteiger partial charge in [-0.15, -0.1) is 11.8 Å². The molecule has 126 valence electrons. The van der Waals surface area contributed by atoms with Gasteiger partial charge in [0.15, 0.2) is 0 Å². The number of alkyl halides is 3. The van der Waals surface area contributed by atoms with E-state index in [-0.39, 0.29) is 11.4 Å². The van der Waals surface area contributed by atoms with Gasteiger partial charge in [-0.3, -0.25) is 9.59 Å². The number of hydrogen-bond donors (Lipinski definition) is 2. The maximum atomic E-state index is 12.5. The minimum atomic E-state index is -4.43. The number of benzene rings is 2. The number of amides is 2. The van der Waals surface area contributed by atoms with E-state index in [9.17, 15) is 22.8 Å². The average molecular weight is 354 g/mol. The number of primary amides is 1. The molecule has 0 spiro atoms. The van der Waals surface area contributed by atoms with Gasteiger partial charge >= 0.3 is 6.18 Å². The predicted molar refractivity (Wildman–Crippen MR) is 85.8 cm³/mol. The summed E-state index contributed by atoms with van der Waals surface area (Å²) in [5.74, 6) is -0.981. The SMILES string of the molecule is NC(=O)CSc1ccccc1C(=O)Nc1ccc(C(F)(F)F)cc1. The average Bonchev–Trinajstić information content (AvgIpc) is 2.52. The van der Waals surface area contributed by atoms with Crippen molar-refractivity contribution in [2.75, 3.05) is 11.1 Å². The quantitative estimate of drug-likeness (QED) is 0.807. The minimum absolute atomic E-state index is 0.0184. The van der Waals surface area contributed by atoms with Crippen LogP contribution in [-0.2, 0) is 11.0 Å². The highest BCUT2D eigenvalue weighted by Gasteiger charge is 2.30. The summed E-state index contributed by atoms with van der Waals surface area (Å²) >= 11 is 1.12. The lowest BCUT2D eigenvalue weighted by molar-refractivity contribution is -0.137. The third kappa shape index (κ3) is 4.76. The van der Waals surface area contributed by atoms with Crippen LogP contribution in [0.4, 0.5) is 18.9 Å². The summed E-state index contributed by atoms with van der Waals surface area (Å²) in [6.45, 7) is 0. The normalized spacial score (nSPS) is 11.1. The Bertz CT molecular complexity index is 746. The maximum Gasteiger partial charge on any atom is 0.416 e. The molecule has 0 saturated carbocycles. The summed E-state index contributed by atoms with van der Waals surface area (Å²) in [4.78, 5) is 23.7. The minimum Gasteiger partial charge on any atom is -0.369 e.